The largest absolute Gasteiger partial charge is 0.330 e. The van der Waals surface area contributed by atoms with Crippen molar-refractivity contribution >= 4 is 28.8 Å². The standard InChI is InChI=1S/C20H21N5O2S/c1-14-22-16(13-28-14)12-19(26)24-9-3-7-18(24)20(27)23-15-5-2-6-17(11-15)25-10-4-8-21-25/h2,4-6,8,10-11,13,18H,3,7,9,12H2,1H3,(H,23,27)/t18-/m0/s1. The summed E-state index contributed by atoms with van der Waals surface area (Å²) in [5.74, 6) is -0.203. The predicted octanol–water partition coefficient (Wildman–Crippen LogP) is 2.81. The fourth-order valence-corrected chi connectivity index (χ4v) is 4.07. The van der Waals surface area contributed by atoms with Gasteiger partial charge >= 0.3 is 0 Å². The van der Waals surface area contributed by atoms with Crippen LogP contribution in [0.3, 0.4) is 0 Å². The van der Waals surface area contributed by atoms with E-state index in [0.29, 0.717) is 18.7 Å². The van der Waals surface area contributed by atoms with Crippen LogP contribution in [0.4, 0.5) is 5.69 Å². The van der Waals surface area contributed by atoms with E-state index < -0.39 is 6.04 Å². The molecule has 2 aromatic heterocycles. The second kappa shape index (κ2) is 7.93. The minimum absolute atomic E-state index is 0.0479. The highest BCUT2D eigenvalue weighted by atomic mass is 32.1. The van der Waals surface area contributed by atoms with Gasteiger partial charge in [0.15, 0.2) is 0 Å². The molecule has 1 aromatic carbocycles. The summed E-state index contributed by atoms with van der Waals surface area (Å²) in [5, 5.41) is 10.0. The molecule has 0 unspecified atom stereocenters. The number of carbonyl (C=O) groups is 2. The third kappa shape index (κ3) is 3.96. The lowest BCUT2D eigenvalue weighted by Crippen LogP contribution is -2.43. The third-order valence-electron chi connectivity index (χ3n) is 4.76. The summed E-state index contributed by atoms with van der Waals surface area (Å²) in [6.45, 7) is 2.52. The number of rotatable bonds is 5. The van der Waals surface area contributed by atoms with E-state index in [2.05, 4.69) is 15.4 Å². The van der Waals surface area contributed by atoms with Crippen LogP contribution in [-0.2, 0) is 16.0 Å². The Morgan fingerprint density at radius 3 is 2.96 bits per heavy atom. The van der Waals surface area contributed by atoms with Crippen molar-refractivity contribution in [2.75, 3.05) is 11.9 Å². The number of nitrogens with one attached hydrogen (secondary N) is 1. The van der Waals surface area contributed by atoms with Crippen LogP contribution >= 0.6 is 11.3 Å². The van der Waals surface area contributed by atoms with E-state index in [1.54, 1.807) is 15.8 Å². The number of benzene rings is 1. The van der Waals surface area contributed by atoms with Crippen molar-refractivity contribution in [3.8, 4) is 5.69 Å². The lowest BCUT2D eigenvalue weighted by atomic mass is 10.2. The van der Waals surface area contributed by atoms with Crippen LogP contribution in [0, 0.1) is 6.92 Å². The molecule has 0 saturated carbocycles. The molecular formula is C20H21N5O2S. The van der Waals surface area contributed by atoms with Gasteiger partial charge in [-0.2, -0.15) is 5.10 Å². The SMILES string of the molecule is Cc1nc(CC(=O)N2CCC[C@H]2C(=O)Nc2cccc(-n3cccn3)c2)cs1. The Bertz CT molecular complexity index is 982. The van der Waals surface area contributed by atoms with E-state index in [1.165, 1.54) is 11.3 Å². The number of amides is 2. The second-order valence-electron chi connectivity index (χ2n) is 6.77. The Morgan fingerprint density at radius 2 is 2.21 bits per heavy atom. The van der Waals surface area contributed by atoms with Crippen LogP contribution in [0.5, 0.6) is 0 Å². The summed E-state index contributed by atoms with van der Waals surface area (Å²) in [5.41, 5.74) is 2.32. The maximum absolute atomic E-state index is 12.8. The Kier molecular flexibility index (Phi) is 5.21. The average molecular weight is 395 g/mol. The van der Waals surface area contributed by atoms with Gasteiger partial charge in [0.2, 0.25) is 11.8 Å². The molecule has 3 heterocycles. The van der Waals surface area contributed by atoms with Gasteiger partial charge in [0.05, 0.1) is 22.8 Å². The van der Waals surface area contributed by atoms with Crippen molar-refractivity contribution in [3.05, 3.63) is 58.8 Å². The van der Waals surface area contributed by atoms with Gasteiger partial charge in [-0.3, -0.25) is 9.59 Å². The minimum Gasteiger partial charge on any atom is -0.330 e. The molecule has 0 aliphatic carbocycles. The first-order valence-electron chi connectivity index (χ1n) is 9.21. The Morgan fingerprint density at radius 1 is 1.32 bits per heavy atom. The number of nitrogens with zero attached hydrogens (tertiary/aromatic N) is 4. The molecule has 3 aromatic rings. The van der Waals surface area contributed by atoms with Crippen LogP contribution < -0.4 is 5.32 Å². The van der Waals surface area contributed by atoms with Gasteiger partial charge in [-0.1, -0.05) is 6.07 Å². The molecule has 4 rings (SSSR count). The van der Waals surface area contributed by atoms with Crippen molar-refractivity contribution in [2.45, 2.75) is 32.2 Å². The molecule has 7 nitrogen and oxygen atoms in total. The maximum Gasteiger partial charge on any atom is 0.247 e. The molecule has 0 spiro atoms. The van der Waals surface area contributed by atoms with E-state index in [4.69, 9.17) is 0 Å². The van der Waals surface area contributed by atoms with E-state index in [1.807, 2.05) is 48.8 Å². The number of hydrogen-bond donors (Lipinski definition) is 1. The third-order valence-corrected chi connectivity index (χ3v) is 5.58. The van der Waals surface area contributed by atoms with Crippen LogP contribution in [0.25, 0.3) is 5.69 Å². The van der Waals surface area contributed by atoms with E-state index in [0.717, 1.165) is 22.8 Å². The van der Waals surface area contributed by atoms with E-state index in [9.17, 15) is 9.59 Å². The summed E-state index contributed by atoms with van der Waals surface area (Å²) in [6, 6.07) is 8.89. The summed E-state index contributed by atoms with van der Waals surface area (Å²) in [4.78, 5) is 31.6. The topological polar surface area (TPSA) is 80.1 Å². The fourth-order valence-electron chi connectivity index (χ4n) is 3.46. The zero-order valence-electron chi connectivity index (χ0n) is 15.5. The zero-order valence-corrected chi connectivity index (χ0v) is 16.4. The Balaban J connectivity index is 1.43. The number of likely N-dealkylation sites (tertiary alicyclic amines) is 1. The molecule has 8 heteroatoms. The monoisotopic (exact) mass is 395 g/mol. The van der Waals surface area contributed by atoms with Crippen molar-refractivity contribution in [2.24, 2.45) is 0 Å². The molecular weight excluding hydrogens is 374 g/mol. The predicted molar refractivity (Wildman–Crippen MR) is 107 cm³/mol. The molecule has 0 radical (unpaired) electrons. The van der Waals surface area contributed by atoms with Crippen LogP contribution in [0.1, 0.15) is 23.5 Å². The molecule has 28 heavy (non-hydrogen) atoms. The highest BCUT2D eigenvalue weighted by Gasteiger charge is 2.34. The first-order valence-corrected chi connectivity index (χ1v) is 10.1. The summed E-state index contributed by atoms with van der Waals surface area (Å²) in [7, 11) is 0. The molecule has 144 valence electrons. The molecule has 1 saturated heterocycles. The van der Waals surface area contributed by atoms with Gasteiger partial charge in [0.25, 0.3) is 0 Å². The molecule has 2 amide bonds. The van der Waals surface area contributed by atoms with E-state index >= 15 is 0 Å². The van der Waals surface area contributed by atoms with E-state index in [-0.39, 0.29) is 18.2 Å². The van der Waals surface area contributed by atoms with Crippen molar-refractivity contribution in [1.29, 1.82) is 0 Å². The molecule has 1 atom stereocenters. The molecule has 1 aliphatic rings. The number of carbonyl (C=O) groups excluding carboxylic acids is 2. The number of anilines is 1. The maximum atomic E-state index is 12.8. The zero-order chi connectivity index (χ0) is 19.5. The van der Waals surface area contributed by atoms with Gasteiger partial charge in [-0.25, -0.2) is 9.67 Å². The van der Waals surface area contributed by atoms with Crippen LogP contribution in [-0.4, -0.2) is 44.1 Å². The number of aromatic nitrogens is 3. The molecule has 1 N–H and O–H groups in total. The lowest BCUT2D eigenvalue weighted by molar-refractivity contribution is -0.136. The molecule has 1 fully saturated rings. The first kappa shape index (κ1) is 18.4. The normalized spacial score (nSPS) is 16.3. The van der Waals surface area contributed by atoms with Crippen molar-refractivity contribution < 1.29 is 9.59 Å². The van der Waals surface area contributed by atoms with Crippen LogP contribution in [0.15, 0.2) is 48.1 Å². The number of thiazole rings is 1. The lowest BCUT2D eigenvalue weighted by Gasteiger charge is -2.24. The van der Waals surface area contributed by atoms with Gasteiger partial charge in [0.1, 0.15) is 6.04 Å². The summed E-state index contributed by atoms with van der Waals surface area (Å²) < 4.78 is 1.73. The molecule has 0 bridgehead atoms. The highest BCUT2D eigenvalue weighted by molar-refractivity contribution is 7.09. The van der Waals surface area contributed by atoms with Crippen molar-refractivity contribution in [1.82, 2.24) is 19.7 Å². The van der Waals surface area contributed by atoms with Gasteiger partial charge in [0, 0.05) is 30.0 Å². The van der Waals surface area contributed by atoms with Gasteiger partial charge in [-0.15, -0.1) is 11.3 Å². The first-order chi connectivity index (χ1) is 13.6. The number of aryl methyl sites for hydroxylation is 1. The fraction of sp³-hybridized carbons (Fsp3) is 0.300. The Labute approximate surface area is 167 Å². The average Bonchev–Trinajstić information content (AvgIpc) is 3.44. The molecule has 1 aliphatic heterocycles. The number of hydrogen-bond acceptors (Lipinski definition) is 5. The summed E-state index contributed by atoms with van der Waals surface area (Å²) >= 11 is 1.53. The highest BCUT2D eigenvalue weighted by Crippen LogP contribution is 2.22. The van der Waals surface area contributed by atoms with Crippen molar-refractivity contribution in [3.63, 3.8) is 0 Å². The quantitative estimate of drug-likeness (QED) is 0.720. The summed E-state index contributed by atoms with van der Waals surface area (Å²) in [6.07, 6.45) is 5.29. The second-order valence-corrected chi connectivity index (χ2v) is 7.83. The Hall–Kier alpha value is -3.00. The van der Waals surface area contributed by atoms with Gasteiger partial charge < -0.3 is 10.2 Å². The van der Waals surface area contributed by atoms with Crippen LogP contribution in [0.2, 0.25) is 0 Å². The van der Waals surface area contributed by atoms with Gasteiger partial charge in [-0.05, 0) is 44.0 Å². The smallest absolute Gasteiger partial charge is 0.247 e. The minimum atomic E-state index is -0.444.